The van der Waals surface area contributed by atoms with E-state index in [1.165, 1.54) is 11.8 Å². The third kappa shape index (κ3) is 4.19. The van der Waals surface area contributed by atoms with Crippen LogP contribution in [0.5, 0.6) is 11.5 Å². The topological polar surface area (TPSA) is 67.9 Å². The third-order valence-corrected chi connectivity index (χ3v) is 5.99. The number of carbonyl (C=O) groups is 2. The van der Waals surface area contributed by atoms with Crippen molar-refractivity contribution >= 4 is 35.0 Å². The van der Waals surface area contributed by atoms with E-state index in [1.54, 1.807) is 4.90 Å². The van der Waals surface area contributed by atoms with Crippen LogP contribution in [-0.4, -0.2) is 36.8 Å². The van der Waals surface area contributed by atoms with Gasteiger partial charge in [-0.3, -0.25) is 9.59 Å². The van der Waals surface area contributed by atoms with Crippen LogP contribution in [0.25, 0.3) is 0 Å². The molecule has 2 aliphatic heterocycles. The number of benzene rings is 2. The van der Waals surface area contributed by atoms with Crippen molar-refractivity contribution in [2.75, 3.05) is 29.1 Å². The Kier molecular flexibility index (Phi) is 5.67. The maximum absolute atomic E-state index is 12.6. The van der Waals surface area contributed by atoms with Crippen molar-refractivity contribution in [3.63, 3.8) is 0 Å². The Bertz CT molecular complexity index is 946. The van der Waals surface area contributed by atoms with Crippen molar-refractivity contribution in [2.45, 2.75) is 37.7 Å². The van der Waals surface area contributed by atoms with Gasteiger partial charge in [0.25, 0.3) is 0 Å². The van der Waals surface area contributed by atoms with Gasteiger partial charge in [-0.15, -0.1) is 11.8 Å². The van der Waals surface area contributed by atoms with E-state index < -0.39 is 0 Å². The molecule has 152 valence electrons. The molecule has 0 saturated heterocycles. The van der Waals surface area contributed by atoms with E-state index in [0.29, 0.717) is 30.3 Å². The second-order valence-corrected chi connectivity index (χ2v) is 8.14. The second kappa shape index (κ2) is 8.37. The molecule has 0 aromatic heterocycles. The van der Waals surface area contributed by atoms with Gasteiger partial charge in [-0.2, -0.15) is 0 Å². The fourth-order valence-corrected chi connectivity index (χ4v) is 4.57. The molecule has 0 aliphatic carbocycles. The standard InChI is InChI=1S/C22H24N2O4S/c1-3-27-19-11-15-10-14(2)28-18(15)12-16(19)23-21(25)8-9-24-17-6-4-5-7-20(17)29-13-22(24)26/h4-7,11-12,14H,3,8-10,13H2,1-2H3,(H,23,25). The number of amides is 2. The fraction of sp³-hybridized carbons (Fsp3) is 0.364. The molecule has 1 N–H and O–H groups in total. The molecule has 2 amide bonds. The summed E-state index contributed by atoms with van der Waals surface area (Å²) in [4.78, 5) is 27.8. The van der Waals surface area contributed by atoms with Crippen LogP contribution in [0.15, 0.2) is 41.3 Å². The molecule has 2 aromatic carbocycles. The molecule has 0 bridgehead atoms. The van der Waals surface area contributed by atoms with Crippen molar-refractivity contribution in [1.29, 1.82) is 0 Å². The van der Waals surface area contributed by atoms with Gasteiger partial charge in [0.15, 0.2) is 0 Å². The number of ether oxygens (including phenoxy) is 2. The molecule has 0 saturated carbocycles. The lowest BCUT2D eigenvalue weighted by Gasteiger charge is -2.28. The van der Waals surface area contributed by atoms with Gasteiger partial charge in [0.2, 0.25) is 11.8 Å². The summed E-state index contributed by atoms with van der Waals surface area (Å²) in [6.07, 6.45) is 1.15. The summed E-state index contributed by atoms with van der Waals surface area (Å²) in [6, 6.07) is 11.6. The van der Waals surface area contributed by atoms with Gasteiger partial charge in [0, 0.05) is 35.9 Å². The molecule has 0 radical (unpaired) electrons. The highest BCUT2D eigenvalue weighted by Gasteiger charge is 2.26. The first-order valence-electron chi connectivity index (χ1n) is 9.83. The molecule has 1 unspecified atom stereocenters. The minimum Gasteiger partial charge on any atom is -0.492 e. The van der Waals surface area contributed by atoms with Gasteiger partial charge < -0.3 is 19.7 Å². The third-order valence-electron chi connectivity index (χ3n) is 4.94. The van der Waals surface area contributed by atoms with Crippen LogP contribution in [0.1, 0.15) is 25.8 Å². The molecular weight excluding hydrogens is 388 g/mol. The van der Waals surface area contributed by atoms with E-state index >= 15 is 0 Å². The lowest BCUT2D eigenvalue weighted by Crippen LogP contribution is -2.37. The zero-order chi connectivity index (χ0) is 20.4. The number of thioether (sulfide) groups is 1. The van der Waals surface area contributed by atoms with Crippen molar-refractivity contribution in [1.82, 2.24) is 0 Å². The quantitative estimate of drug-likeness (QED) is 0.780. The molecule has 2 heterocycles. The molecule has 2 aliphatic rings. The van der Waals surface area contributed by atoms with Gasteiger partial charge >= 0.3 is 0 Å². The SMILES string of the molecule is CCOc1cc2c(cc1NC(=O)CCN1C(=O)CSc3ccccc31)OC(C)C2. The summed E-state index contributed by atoms with van der Waals surface area (Å²) in [5, 5.41) is 2.93. The summed E-state index contributed by atoms with van der Waals surface area (Å²) in [5.74, 6) is 1.69. The number of rotatable bonds is 6. The van der Waals surface area contributed by atoms with Crippen LogP contribution >= 0.6 is 11.8 Å². The van der Waals surface area contributed by atoms with Gasteiger partial charge in [0.05, 0.1) is 23.7 Å². The Hall–Kier alpha value is -2.67. The normalized spacial score (nSPS) is 17.4. The van der Waals surface area contributed by atoms with Crippen LogP contribution in [0.3, 0.4) is 0 Å². The summed E-state index contributed by atoms with van der Waals surface area (Å²) >= 11 is 1.53. The van der Waals surface area contributed by atoms with E-state index in [1.807, 2.05) is 50.2 Å². The Morgan fingerprint density at radius 3 is 3.00 bits per heavy atom. The monoisotopic (exact) mass is 412 g/mol. The van der Waals surface area contributed by atoms with Gasteiger partial charge in [-0.05, 0) is 32.0 Å². The molecule has 2 aromatic rings. The van der Waals surface area contributed by atoms with Crippen LogP contribution in [0.4, 0.5) is 11.4 Å². The van der Waals surface area contributed by atoms with E-state index in [9.17, 15) is 9.59 Å². The number of hydrogen-bond acceptors (Lipinski definition) is 5. The summed E-state index contributed by atoms with van der Waals surface area (Å²) in [7, 11) is 0. The van der Waals surface area contributed by atoms with Gasteiger partial charge in [-0.25, -0.2) is 0 Å². The number of carbonyl (C=O) groups excluding carboxylic acids is 2. The van der Waals surface area contributed by atoms with Crippen molar-refractivity contribution in [3.8, 4) is 11.5 Å². The first kappa shape index (κ1) is 19.6. The summed E-state index contributed by atoms with van der Waals surface area (Å²) in [6.45, 7) is 4.78. The number of nitrogens with one attached hydrogen (secondary N) is 1. The molecule has 6 nitrogen and oxygen atoms in total. The van der Waals surface area contributed by atoms with E-state index in [2.05, 4.69) is 5.32 Å². The number of hydrogen-bond donors (Lipinski definition) is 1. The lowest BCUT2D eigenvalue weighted by atomic mass is 10.1. The summed E-state index contributed by atoms with van der Waals surface area (Å²) in [5.41, 5.74) is 2.56. The van der Waals surface area contributed by atoms with Crippen molar-refractivity contribution in [2.24, 2.45) is 0 Å². The molecule has 4 rings (SSSR count). The molecule has 29 heavy (non-hydrogen) atoms. The van der Waals surface area contributed by atoms with Crippen LogP contribution in [0, 0.1) is 0 Å². The number of fused-ring (bicyclic) bond motifs is 2. The summed E-state index contributed by atoms with van der Waals surface area (Å²) < 4.78 is 11.5. The molecular formula is C22H24N2O4S. The Morgan fingerprint density at radius 1 is 1.34 bits per heavy atom. The molecule has 7 heteroatoms. The average molecular weight is 413 g/mol. The minimum absolute atomic E-state index is 0.0245. The first-order chi connectivity index (χ1) is 14.0. The zero-order valence-corrected chi connectivity index (χ0v) is 17.4. The number of para-hydroxylation sites is 1. The maximum Gasteiger partial charge on any atom is 0.237 e. The Balaban J connectivity index is 1.45. The highest BCUT2D eigenvalue weighted by atomic mass is 32.2. The fourth-order valence-electron chi connectivity index (χ4n) is 3.64. The van der Waals surface area contributed by atoms with E-state index in [-0.39, 0.29) is 24.3 Å². The maximum atomic E-state index is 12.6. The van der Waals surface area contributed by atoms with Crippen molar-refractivity contribution in [3.05, 3.63) is 42.0 Å². The number of nitrogens with zero attached hydrogens (tertiary/aromatic N) is 1. The highest BCUT2D eigenvalue weighted by Crippen LogP contribution is 2.38. The van der Waals surface area contributed by atoms with Gasteiger partial charge in [0.1, 0.15) is 17.6 Å². The lowest BCUT2D eigenvalue weighted by molar-refractivity contribution is -0.117. The minimum atomic E-state index is -0.166. The average Bonchev–Trinajstić information content (AvgIpc) is 3.06. The molecule has 1 atom stereocenters. The Labute approximate surface area is 174 Å². The Morgan fingerprint density at radius 2 is 2.17 bits per heavy atom. The number of anilines is 2. The predicted octanol–water partition coefficient (Wildman–Crippen LogP) is 3.88. The smallest absolute Gasteiger partial charge is 0.237 e. The molecule has 0 spiro atoms. The zero-order valence-electron chi connectivity index (χ0n) is 16.6. The molecule has 0 fully saturated rings. The van der Waals surface area contributed by atoms with Gasteiger partial charge in [-0.1, -0.05) is 12.1 Å². The van der Waals surface area contributed by atoms with Crippen LogP contribution < -0.4 is 19.7 Å². The largest absolute Gasteiger partial charge is 0.492 e. The van der Waals surface area contributed by atoms with Crippen molar-refractivity contribution < 1.29 is 19.1 Å². The second-order valence-electron chi connectivity index (χ2n) is 7.12. The first-order valence-corrected chi connectivity index (χ1v) is 10.8. The van der Waals surface area contributed by atoms with Crippen LogP contribution in [-0.2, 0) is 16.0 Å². The van der Waals surface area contributed by atoms with E-state index in [4.69, 9.17) is 9.47 Å². The highest BCUT2D eigenvalue weighted by molar-refractivity contribution is 8.00. The van der Waals surface area contributed by atoms with Crippen LogP contribution in [0.2, 0.25) is 0 Å². The predicted molar refractivity (Wildman–Crippen MR) is 114 cm³/mol. The van der Waals surface area contributed by atoms with E-state index in [0.717, 1.165) is 28.3 Å².